The Morgan fingerprint density at radius 3 is 1.88 bits per heavy atom. The first-order chi connectivity index (χ1) is 3.68. The minimum atomic E-state index is -0.468. The summed E-state index contributed by atoms with van der Waals surface area (Å²) in [6.45, 7) is -0.306. The van der Waals surface area contributed by atoms with E-state index in [-0.39, 0.29) is 13.0 Å². The second kappa shape index (κ2) is 9.31. The first-order valence-corrected chi connectivity index (χ1v) is 1.75. The van der Waals surface area contributed by atoms with Crippen LogP contribution in [-0.4, -0.2) is 24.0 Å². The molecule has 5 nitrogen and oxygen atoms in total. The summed E-state index contributed by atoms with van der Waals surface area (Å²) in [5, 5.41) is 6.89. The number of rotatable bonds is 1. The molecule has 5 heteroatoms. The van der Waals surface area contributed by atoms with Gasteiger partial charge in [0.15, 0.2) is 0 Å². The average molecular weight is 120 g/mol. The molecule has 1 amide bonds. The number of carbonyl (C=O) groups is 2. The smallest absolute Gasteiger partial charge is 0.290 e. The van der Waals surface area contributed by atoms with Crippen LogP contribution in [0.5, 0.6) is 0 Å². The number of carbonyl (C=O) groups excluding carboxylic acids is 1. The maximum atomic E-state index is 9.47. The van der Waals surface area contributed by atoms with Crippen molar-refractivity contribution >= 4 is 12.4 Å². The molecule has 0 saturated heterocycles. The summed E-state index contributed by atoms with van der Waals surface area (Å²) in [5.74, 6) is -0.468. The number of hydrogen-bond donors (Lipinski definition) is 3. The Labute approximate surface area is 46.3 Å². The highest BCUT2D eigenvalue weighted by Gasteiger charge is 1.77. The molecule has 48 valence electrons. The average Bonchev–Trinajstić information content (AvgIpc) is 1.69. The lowest BCUT2D eigenvalue weighted by atomic mass is 10.7. The topological polar surface area (TPSA) is 106 Å². The molecule has 0 atom stereocenters. The summed E-state index contributed by atoms with van der Waals surface area (Å²) >= 11 is 0. The van der Waals surface area contributed by atoms with Crippen LogP contribution in [0, 0.1) is 0 Å². The van der Waals surface area contributed by atoms with E-state index < -0.39 is 5.91 Å². The van der Waals surface area contributed by atoms with Gasteiger partial charge in [0.25, 0.3) is 6.47 Å². The van der Waals surface area contributed by atoms with Gasteiger partial charge in [-0.3, -0.25) is 9.59 Å². The van der Waals surface area contributed by atoms with Gasteiger partial charge in [0.1, 0.15) is 0 Å². The molecular formula is C3H8N2O3. The Kier molecular flexibility index (Phi) is 11.6. The minimum Gasteiger partial charge on any atom is -0.483 e. The van der Waals surface area contributed by atoms with E-state index in [9.17, 15) is 4.79 Å². The normalized spacial score (nSPS) is 6.12. The van der Waals surface area contributed by atoms with Crippen molar-refractivity contribution in [2.45, 2.75) is 0 Å². The van der Waals surface area contributed by atoms with Crippen LogP contribution in [0.2, 0.25) is 0 Å². The molecule has 0 heterocycles. The van der Waals surface area contributed by atoms with Gasteiger partial charge in [-0.25, -0.2) is 0 Å². The van der Waals surface area contributed by atoms with E-state index in [0.29, 0.717) is 0 Å². The summed E-state index contributed by atoms with van der Waals surface area (Å²) in [6, 6.07) is 0. The molecular weight excluding hydrogens is 112 g/mol. The molecule has 0 fully saturated rings. The number of nitrogens with two attached hydrogens (primary N) is 2. The maximum absolute atomic E-state index is 9.47. The first-order valence-electron chi connectivity index (χ1n) is 1.75. The van der Waals surface area contributed by atoms with Gasteiger partial charge >= 0.3 is 0 Å². The zero-order valence-corrected chi connectivity index (χ0v) is 4.20. The summed E-state index contributed by atoms with van der Waals surface area (Å²) < 4.78 is 0. The zero-order chi connectivity index (χ0) is 6.99. The van der Waals surface area contributed by atoms with Crippen LogP contribution in [0.4, 0.5) is 0 Å². The van der Waals surface area contributed by atoms with E-state index in [1.807, 2.05) is 0 Å². The molecule has 0 spiro atoms. The van der Waals surface area contributed by atoms with Crippen molar-refractivity contribution in [3.8, 4) is 0 Å². The highest BCUT2D eigenvalue weighted by atomic mass is 16.3. The summed E-state index contributed by atoms with van der Waals surface area (Å²) in [7, 11) is 0. The van der Waals surface area contributed by atoms with Crippen molar-refractivity contribution in [3.05, 3.63) is 0 Å². The van der Waals surface area contributed by atoms with Gasteiger partial charge in [0, 0.05) is 0 Å². The molecule has 0 aliphatic carbocycles. The quantitative estimate of drug-likeness (QED) is 0.352. The Morgan fingerprint density at radius 1 is 1.75 bits per heavy atom. The van der Waals surface area contributed by atoms with Gasteiger partial charge in [-0.2, -0.15) is 0 Å². The standard InChI is InChI=1S/C2H6N2O.CH2O2/c3-1-2(4)5;2-1-3/h1,3H2,(H2,4,5);1H,(H,2,3). The Balaban J connectivity index is 0. The molecule has 0 unspecified atom stereocenters. The monoisotopic (exact) mass is 120 g/mol. The molecule has 0 aromatic rings. The number of primary amides is 1. The molecule has 0 saturated carbocycles. The Morgan fingerprint density at radius 2 is 1.88 bits per heavy atom. The van der Waals surface area contributed by atoms with Crippen molar-refractivity contribution in [3.63, 3.8) is 0 Å². The van der Waals surface area contributed by atoms with Gasteiger partial charge in [0.05, 0.1) is 6.54 Å². The third kappa shape index (κ3) is 92.0. The number of amides is 1. The van der Waals surface area contributed by atoms with Crippen LogP contribution < -0.4 is 11.5 Å². The van der Waals surface area contributed by atoms with Gasteiger partial charge in [-0.15, -0.1) is 0 Å². The van der Waals surface area contributed by atoms with E-state index >= 15 is 0 Å². The van der Waals surface area contributed by atoms with E-state index in [1.54, 1.807) is 0 Å². The summed E-state index contributed by atoms with van der Waals surface area (Å²) in [4.78, 5) is 17.8. The minimum absolute atomic E-state index is 0.0556. The van der Waals surface area contributed by atoms with E-state index in [1.165, 1.54) is 0 Å². The molecule has 8 heavy (non-hydrogen) atoms. The first kappa shape index (κ1) is 10.0. The van der Waals surface area contributed by atoms with Crippen molar-refractivity contribution < 1.29 is 14.7 Å². The third-order valence-corrected chi connectivity index (χ3v) is 0.201. The lowest BCUT2D eigenvalue weighted by Crippen LogP contribution is -2.21. The summed E-state index contributed by atoms with van der Waals surface area (Å²) in [6.07, 6.45) is 0. The molecule has 0 aliphatic heterocycles. The van der Waals surface area contributed by atoms with Crippen LogP contribution in [0.1, 0.15) is 0 Å². The zero-order valence-electron chi connectivity index (χ0n) is 4.20. The lowest BCUT2D eigenvalue weighted by molar-refractivity contribution is -0.123. The molecule has 5 N–H and O–H groups in total. The molecule has 0 aliphatic rings. The molecule has 0 rings (SSSR count). The van der Waals surface area contributed by atoms with E-state index in [0.717, 1.165) is 0 Å². The fraction of sp³-hybridized carbons (Fsp3) is 0.333. The second-order valence-corrected chi connectivity index (χ2v) is 0.776. The van der Waals surface area contributed by atoms with Crippen LogP contribution in [0.25, 0.3) is 0 Å². The summed E-state index contributed by atoms with van der Waals surface area (Å²) in [5.41, 5.74) is 9.22. The lowest BCUT2D eigenvalue weighted by Gasteiger charge is -1.74. The van der Waals surface area contributed by atoms with E-state index in [2.05, 4.69) is 5.73 Å². The molecule has 0 radical (unpaired) electrons. The predicted octanol–water partition coefficient (Wildman–Crippen LogP) is -1.87. The van der Waals surface area contributed by atoms with Crippen LogP contribution in [0.15, 0.2) is 0 Å². The van der Waals surface area contributed by atoms with Crippen LogP contribution in [-0.2, 0) is 9.59 Å². The number of carboxylic acid groups (broad SMARTS) is 1. The largest absolute Gasteiger partial charge is 0.483 e. The fourth-order valence-electron chi connectivity index (χ4n) is 0. The Bertz CT molecular complexity index is 72.9. The van der Waals surface area contributed by atoms with Crippen molar-refractivity contribution in [2.75, 3.05) is 6.54 Å². The molecule has 0 aromatic heterocycles. The second-order valence-electron chi connectivity index (χ2n) is 0.776. The van der Waals surface area contributed by atoms with Crippen molar-refractivity contribution in [1.29, 1.82) is 0 Å². The van der Waals surface area contributed by atoms with Crippen molar-refractivity contribution in [1.82, 2.24) is 0 Å². The molecule has 0 aromatic carbocycles. The number of hydrogen-bond acceptors (Lipinski definition) is 3. The fourth-order valence-corrected chi connectivity index (χ4v) is 0. The van der Waals surface area contributed by atoms with Gasteiger partial charge in [0.2, 0.25) is 5.91 Å². The SMILES string of the molecule is NCC(N)=O.O=CO. The maximum Gasteiger partial charge on any atom is 0.290 e. The third-order valence-electron chi connectivity index (χ3n) is 0.201. The van der Waals surface area contributed by atoms with Gasteiger partial charge < -0.3 is 16.6 Å². The van der Waals surface area contributed by atoms with E-state index in [4.69, 9.17) is 15.6 Å². The van der Waals surface area contributed by atoms with Gasteiger partial charge in [-0.1, -0.05) is 0 Å². The predicted molar refractivity (Wildman–Crippen MR) is 26.9 cm³/mol. The molecule has 0 bridgehead atoms. The van der Waals surface area contributed by atoms with Crippen molar-refractivity contribution in [2.24, 2.45) is 11.5 Å². The highest BCUT2D eigenvalue weighted by molar-refractivity contribution is 5.75. The van der Waals surface area contributed by atoms with Gasteiger partial charge in [-0.05, 0) is 0 Å². The van der Waals surface area contributed by atoms with Crippen LogP contribution >= 0.6 is 0 Å². The highest BCUT2D eigenvalue weighted by Crippen LogP contribution is 1.36. The van der Waals surface area contributed by atoms with Crippen LogP contribution in [0.3, 0.4) is 0 Å². The Hall–Kier alpha value is -1.10.